The number of para-hydroxylation sites is 1. The van der Waals surface area contributed by atoms with E-state index in [4.69, 9.17) is 10.2 Å². The average molecular weight is 326 g/mol. The van der Waals surface area contributed by atoms with Crippen LogP contribution in [0.4, 0.5) is 0 Å². The van der Waals surface area contributed by atoms with E-state index in [2.05, 4.69) is 18.3 Å². The van der Waals surface area contributed by atoms with Crippen molar-refractivity contribution in [3.8, 4) is 0 Å². The summed E-state index contributed by atoms with van der Waals surface area (Å²) >= 11 is 0. The fourth-order valence-electron chi connectivity index (χ4n) is 4.71. The highest BCUT2D eigenvalue weighted by atomic mass is 16.3. The highest BCUT2D eigenvalue weighted by Crippen LogP contribution is 2.41. The lowest BCUT2D eigenvalue weighted by molar-refractivity contribution is -0.128. The number of carbonyl (C=O) groups excluding carboxylic acids is 1. The van der Waals surface area contributed by atoms with Gasteiger partial charge in [0.25, 0.3) is 0 Å². The molecule has 1 aromatic carbocycles. The minimum atomic E-state index is 0.116. The molecule has 0 aliphatic heterocycles. The van der Waals surface area contributed by atoms with E-state index in [1.54, 1.807) is 0 Å². The maximum absolute atomic E-state index is 12.6. The Hall–Kier alpha value is -1.81. The molecule has 2 atom stereocenters. The Labute approximate surface area is 142 Å². The molecular weight excluding hydrogens is 300 g/mol. The van der Waals surface area contributed by atoms with E-state index in [1.807, 2.05) is 18.2 Å². The van der Waals surface area contributed by atoms with Gasteiger partial charge in [-0.2, -0.15) is 0 Å². The molecule has 2 aromatic rings. The fourth-order valence-corrected chi connectivity index (χ4v) is 4.71. The summed E-state index contributed by atoms with van der Waals surface area (Å²) in [5.74, 6) is 2.20. The predicted octanol–water partition coefficient (Wildman–Crippen LogP) is 3.51. The summed E-state index contributed by atoms with van der Waals surface area (Å²) in [6.07, 6.45) is 5.54. The number of nitrogens with two attached hydrogens (primary N) is 1. The summed E-state index contributed by atoms with van der Waals surface area (Å²) < 4.78 is 5.89. The van der Waals surface area contributed by atoms with Crippen LogP contribution in [0.25, 0.3) is 11.0 Å². The Morgan fingerprint density at radius 2 is 1.96 bits per heavy atom. The Morgan fingerprint density at radius 3 is 2.67 bits per heavy atom. The molecular formula is C20H26N2O2. The SMILES string of the molecule is Cc1c(CNC(=O)C2CC3CCCC(C2)C3N)oc2ccccc12. The zero-order valence-electron chi connectivity index (χ0n) is 14.3. The third-order valence-corrected chi connectivity index (χ3v) is 6.15. The van der Waals surface area contributed by atoms with Gasteiger partial charge in [0.15, 0.2) is 0 Å². The summed E-state index contributed by atoms with van der Waals surface area (Å²) in [7, 11) is 0. The molecule has 2 aliphatic rings. The topological polar surface area (TPSA) is 68.3 Å². The van der Waals surface area contributed by atoms with E-state index < -0.39 is 0 Å². The molecule has 2 fully saturated rings. The average Bonchev–Trinajstić information content (AvgIpc) is 2.89. The van der Waals surface area contributed by atoms with Crippen LogP contribution in [-0.4, -0.2) is 11.9 Å². The summed E-state index contributed by atoms with van der Waals surface area (Å²) in [6.45, 7) is 2.52. The zero-order valence-corrected chi connectivity index (χ0v) is 14.3. The largest absolute Gasteiger partial charge is 0.459 e. The number of amides is 1. The van der Waals surface area contributed by atoms with Gasteiger partial charge in [-0.05, 0) is 50.5 Å². The standard InChI is InChI=1S/C20H26N2O2/c1-12-16-7-2-3-8-17(16)24-18(12)11-22-20(23)15-9-13-5-4-6-14(10-15)19(13)21/h2-3,7-8,13-15,19H,4-6,9-11,21H2,1H3,(H,22,23). The summed E-state index contributed by atoms with van der Waals surface area (Å²) in [4.78, 5) is 12.6. The number of furan rings is 1. The van der Waals surface area contributed by atoms with E-state index in [0.29, 0.717) is 24.4 Å². The summed E-state index contributed by atoms with van der Waals surface area (Å²) in [6, 6.07) is 8.32. The lowest BCUT2D eigenvalue weighted by atomic mass is 9.65. The van der Waals surface area contributed by atoms with Gasteiger partial charge in [-0.3, -0.25) is 4.79 Å². The smallest absolute Gasteiger partial charge is 0.223 e. The molecule has 1 amide bonds. The highest BCUT2D eigenvalue weighted by molar-refractivity contribution is 5.82. The molecule has 0 radical (unpaired) electrons. The number of hydrogen-bond donors (Lipinski definition) is 2. The molecule has 3 N–H and O–H groups in total. The van der Waals surface area contributed by atoms with Crippen molar-refractivity contribution in [2.75, 3.05) is 0 Å². The Bertz CT molecular complexity index is 737. The van der Waals surface area contributed by atoms with Gasteiger partial charge in [0.1, 0.15) is 11.3 Å². The molecule has 128 valence electrons. The van der Waals surface area contributed by atoms with Gasteiger partial charge in [-0.25, -0.2) is 0 Å². The number of hydrogen-bond acceptors (Lipinski definition) is 3. The molecule has 1 aromatic heterocycles. The van der Waals surface area contributed by atoms with Gasteiger partial charge in [-0.15, -0.1) is 0 Å². The molecule has 2 saturated carbocycles. The normalized spacial score (nSPS) is 29.6. The molecule has 0 saturated heterocycles. The molecule has 2 aliphatic carbocycles. The monoisotopic (exact) mass is 326 g/mol. The first-order chi connectivity index (χ1) is 11.6. The van der Waals surface area contributed by atoms with Gasteiger partial charge < -0.3 is 15.5 Å². The van der Waals surface area contributed by atoms with Crippen LogP contribution in [0.2, 0.25) is 0 Å². The lowest BCUT2D eigenvalue weighted by Crippen LogP contribution is -2.49. The van der Waals surface area contributed by atoms with Crippen molar-refractivity contribution in [3.05, 3.63) is 35.6 Å². The quantitative estimate of drug-likeness (QED) is 0.907. The van der Waals surface area contributed by atoms with E-state index in [9.17, 15) is 4.79 Å². The van der Waals surface area contributed by atoms with Crippen molar-refractivity contribution in [2.24, 2.45) is 23.5 Å². The Balaban J connectivity index is 1.42. The van der Waals surface area contributed by atoms with Crippen LogP contribution in [-0.2, 0) is 11.3 Å². The first-order valence-corrected chi connectivity index (χ1v) is 9.13. The van der Waals surface area contributed by atoms with Crippen molar-refractivity contribution in [1.29, 1.82) is 0 Å². The van der Waals surface area contributed by atoms with Crippen LogP contribution in [0, 0.1) is 24.7 Å². The maximum Gasteiger partial charge on any atom is 0.223 e. The van der Waals surface area contributed by atoms with Gasteiger partial charge in [0.2, 0.25) is 5.91 Å². The molecule has 4 heteroatoms. The number of fused-ring (bicyclic) bond motifs is 3. The van der Waals surface area contributed by atoms with Gasteiger partial charge in [-0.1, -0.05) is 24.6 Å². The van der Waals surface area contributed by atoms with Crippen LogP contribution < -0.4 is 11.1 Å². The van der Waals surface area contributed by atoms with Crippen molar-refractivity contribution in [1.82, 2.24) is 5.32 Å². The second-order valence-electron chi connectivity index (χ2n) is 7.56. The first-order valence-electron chi connectivity index (χ1n) is 9.13. The third kappa shape index (κ3) is 2.73. The Kier molecular flexibility index (Phi) is 4.09. The van der Waals surface area contributed by atoms with Gasteiger partial charge in [0.05, 0.1) is 6.54 Å². The minimum absolute atomic E-state index is 0.116. The van der Waals surface area contributed by atoms with Crippen molar-refractivity contribution in [2.45, 2.75) is 51.6 Å². The van der Waals surface area contributed by atoms with E-state index in [1.165, 1.54) is 19.3 Å². The number of nitrogens with one attached hydrogen (secondary N) is 1. The minimum Gasteiger partial charge on any atom is -0.459 e. The van der Waals surface area contributed by atoms with E-state index in [0.717, 1.165) is 35.1 Å². The van der Waals surface area contributed by atoms with Crippen LogP contribution in [0.5, 0.6) is 0 Å². The van der Waals surface area contributed by atoms with Crippen LogP contribution in [0.3, 0.4) is 0 Å². The van der Waals surface area contributed by atoms with Crippen LogP contribution in [0.1, 0.15) is 43.4 Å². The molecule has 4 rings (SSSR count). The third-order valence-electron chi connectivity index (χ3n) is 6.15. The molecule has 2 unspecified atom stereocenters. The maximum atomic E-state index is 12.6. The lowest BCUT2D eigenvalue weighted by Gasteiger charge is -2.43. The van der Waals surface area contributed by atoms with Crippen LogP contribution in [0.15, 0.2) is 28.7 Å². The molecule has 4 nitrogen and oxygen atoms in total. The second kappa shape index (κ2) is 6.25. The first kappa shape index (κ1) is 15.7. The molecule has 24 heavy (non-hydrogen) atoms. The zero-order chi connectivity index (χ0) is 16.7. The van der Waals surface area contributed by atoms with E-state index in [-0.39, 0.29) is 11.8 Å². The van der Waals surface area contributed by atoms with Crippen molar-refractivity contribution >= 4 is 16.9 Å². The molecule has 1 heterocycles. The number of rotatable bonds is 3. The van der Waals surface area contributed by atoms with E-state index >= 15 is 0 Å². The number of aryl methyl sites for hydroxylation is 1. The number of benzene rings is 1. The molecule has 2 bridgehead atoms. The van der Waals surface area contributed by atoms with Crippen molar-refractivity contribution in [3.63, 3.8) is 0 Å². The highest BCUT2D eigenvalue weighted by Gasteiger charge is 2.40. The van der Waals surface area contributed by atoms with Gasteiger partial charge >= 0.3 is 0 Å². The number of carbonyl (C=O) groups is 1. The Morgan fingerprint density at radius 1 is 1.25 bits per heavy atom. The second-order valence-corrected chi connectivity index (χ2v) is 7.56. The van der Waals surface area contributed by atoms with Crippen LogP contribution >= 0.6 is 0 Å². The predicted molar refractivity (Wildman–Crippen MR) is 94.3 cm³/mol. The molecule has 0 spiro atoms. The summed E-state index contributed by atoms with van der Waals surface area (Å²) in [5, 5.41) is 4.23. The van der Waals surface area contributed by atoms with Crippen molar-refractivity contribution < 1.29 is 9.21 Å². The fraction of sp³-hybridized carbons (Fsp3) is 0.550. The van der Waals surface area contributed by atoms with Gasteiger partial charge in [0, 0.05) is 22.9 Å². The summed E-state index contributed by atoms with van der Waals surface area (Å²) in [5.41, 5.74) is 8.33.